The fourth-order valence-corrected chi connectivity index (χ4v) is 3.09. The summed E-state index contributed by atoms with van der Waals surface area (Å²) >= 11 is 4.20. The Balaban J connectivity index is 3.29. The third kappa shape index (κ3) is 9.17. The molecule has 0 saturated heterocycles. The van der Waals surface area contributed by atoms with E-state index < -0.39 is 41.6 Å². The second-order valence-corrected chi connectivity index (χ2v) is 8.63. The third-order valence-electron chi connectivity index (χ3n) is 4.37. The fourth-order valence-electron chi connectivity index (χ4n) is 2.85. The maximum atomic E-state index is 13.4. The summed E-state index contributed by atoms with van der Waals surface area (Å²) in [5, 5.41) is 5.00. The third-order valence-corrected chi connectivity index (χ3v) is 4.73. The van der Waals surface area contributed by atoms with E-state index in [9.17, 15) is 19.2 Å². The number of benzene rings is 1. The number of methoxy groups -OCH3 is 1. The lowest BCUT2D eigenvalue weighted by Crippen LogP contribution is -2.54. The van der Waals surface area contributed by atoms with Gasteiger partial charge in [-0.2, -0.15) is 12.6 Å². The molecule has 2 atom stereocenters. The summed E-state index contributed by atoms with van der Waals surface area (Å²) < 4.78 is 9.81. The zero-order chi connectivity index (χ0) is 25.2. The molecular weight excluding hydrogens is 446 g/mol. The van der Waals surface area contributed by atoms with Crippen molar-refractivity contribution in [2.75, 3.05) is 26.0 Å². The van der Waals surface area contributed by atoms with E-state index in [0.29, 0.717) is 5.56 Å². The summed E-state index contributed by atoms with van der Waals surface area (Å²) in [5.41, 5.74) is 0.732. The number of nitrogens with zero attached hydrogens (tertiary/aromatic N) is 1. The highest BCUT2D eigenvalue weighted by Gasteiger charge is 2.35. The van der Waals surface area contributed by atoms with Gasteiger partial charge in [0, 0.05) is 12.3 Å². The monoisotopic (exact) mass is 479 g/mol. The van der Waals surface area contributed by atoms with Crippen molar-refractivity contribution in [3.05, 3.63) is 48.0 Å². The Labute approximate surface area is 200 Å². The summed E-state index contributed by atoms with van der Waals surface area (Å²) in [5.74, 6) is -1.81. The van der Waals surface area contributed by atoms with Crippen LogP contribution in [0.4, 0.5) is 4.79 Å². The number of thiol groups is 1. The molecule has 0 aromatic heterocycles. The van der Waals surface area contributed by atoms with E-state index in [1.54, 1.807) is 32.9 Å². The summed E-state index contributed by atoms with van der Waals surface area (Å²) in [7, 11) is 1.21. The van der Waals surface area contributed by atoms with Crippen LogP contribution in [0.1, 0.15) is 37.9 Å². The molecule has 0 radical (unpaired) electrons. The summed E-state index contributed by atoms with van der Waals surface area (Å²) in [6.07, 6.45) is 0.686. The first-order valence-corrected chi connectivity index (χ1v) is 11.0. The molecule has 0 saturated carbocycles. The standard InChI is InChI=1S/C23H33N3O6S/c1-7-12-26(21(29)17(14-33)25-22(30)32-23(3,4)5)19(16-10-8-15(2)9-11-16)20(28)24-13-18(27)31-6/h7-11,17,19,33H,1,12-14H2,2-6H3,(H,24,28)(H,25,30). The Kier molecular flexibility index (Phi) is 10.9. The Morgan fingerprint density at radius 3 is 2.27 bits per heavy atom. The van der Waals surface area contributed by atoms with Crippen molar-refractivity contribution < 1.29 is 28.7 Å². The van der Waals surface area contributed by atoms with Crippen molar-refractivity contribution in [3.63, 3.8) is 0 Å². The number of nitrogens with one attached hydrogen (secondary N) is 2. The SMILES string of the molecule is C=CCN(C(=O)C(CS)NC(=O)OC(C)(C)C)C(C(=O)NCC(=O)OC)c1ccc(C)cc1. The predicted molar refractivity (Wildman–Crippen MR) is 128 cm³/mol. The highest BCUT2D eigenvalue weighted by Crippen LogP contribution is 2.23. The molecule has 0 aliphatic carbocycles. The first-order valence-electron chi connectivity index (χ1n) is 10.4. The highest BCUT2D eigenvalue weighted by molar-refractivity contribution is 7.80. The number of rotatable bonds is 10. The van der Waals surface area contributed by atoms with E-state index in [1.165, 1.54) is 18.1 Å². The van der Waals surface area contributed by atoms with Gasteiger partial charge < -0.3 is 25.0 Å². The molecule has 2 unspecified atom stereocenters. The largest absolute Gasteiger partial charge is 0.468 e. The van der Waals surface area contributed by atoms with E-state index in [4.69, 9.17) is 4.74 Å². The van der Waals surface area contributed by atoms with Gasteiger partial charge in [-0.1, -0.05) is 35.9 Å². The number of alkyl carbamates (subject to hydrolysis) is 1. The number of carbonyl (C=O) groups is 4. The van der Waals surface area contributed by atoms with E-state index in [2.05, 4.69) is 34.6 Å². The molecule has 3 amide bonds. The van der Waals surface area contributed by atoms with E-state index in [1.807, 2.05) is 19.1 Å². The van der Waals surface area contributed by atoms with Crippen molar-refractivity contribution in [2.24, 2.45) is 0 Å². The van der Waals surface area contributed by atoms with Crippen LogP contribution in [0.25, 0.3) is 0 Å². The van der Waals surface area contributed by atoms with E-state index in [-0.39, 0.29) is 18.8 Å². The van der Waals surface area contributed by atoms with Crippen LogP contribution in [0.15, 0.2) is 36.9 Å². The molecule has 0 fully saturated rings. The molecule has 1 aromatic carbocycles. The Hall–Kier alpha value is -3.01. The zero-order valence-corrected chi connectivity index (χ0v) is 20.6. The van der Waals surface area contributed by atoms with Crippen LogP contribution >= 0.6 is 12.6 Å². The average Bonchev–Trinajstić information content (AvgIpc) is 2.74. The summed E-state index contributed by atoms with van der Waals surface area (Å²) in [4.78, 5) is 51.6. The van der Waals surface area contributed by atoms with Gasteiger partial charge in [-0.3, -0.25) is 14.4 Å². The van der Waals surface area contributed by atoms with Gasteiger partial charge in [0.1, 0.15) is 24.2 Å². The highest BCUT2D eigenvalue weighted by atomic mass is 32.1. The molecule has 0 heterocycles. The zero-order valence-electron chi connectivity index (χ0n) is 19.7. The van der Waals surface area contributed by atoms with Crippen LogP contribution in [-0.4, -0.2) is 66.4 Å². The van der Waals surface area contributed by atoms with Gasteiger partial charge in [0.25, 0.3) is 0 Å². The van der Waals surface area contributed by atoms with Crippen molar-refractivity contribution >= 4 is 36.5 Å². The lowest BCUT2D eigenvalue weighted by Gasteiger charge is -2.33. The second kappa shape index (κ2) is 12.9. The first kappa shape index (κ1) is 28.0. The summed E-state index contributed by atoms with van der Waals surface area (Å²) in [6, 6.07) is 4.90. The number of aryl methyl sites for hydroxylation is 1. The smallest absolute Gasteiger partial charge is 0.408 e. The van der Waals surface area contributed by atoms with Crippen LogP contribution in [0.3, 0.4) is 0 Å². The number of hydrogen-bond donors (Lipinski definition) is 3. The molecule has 0 aliphatic heterocycles. The number of amides is 3. The van der Waals surface area contributed by atoms with Crippen LogP contribution in [0.2, 0.25) is 0 Å². The van der Waals surface area contributed by atoms with Crippen LogP contribution in [0.5, 0.6) is 0 Å². The van der Waals surface area contributed by atoms with E-state index in [0.717, 1.165) is 5.56 Å². The first-order chi connectivity index (χ1) is 15.4. The molecule has 2 N–H and O–H groups in total. The van der Waals surface area contributed by atoms with Gasteiger partial charge in [-0.05, 0) is 33.3 Å². The molecule has 1 rings (SSSR count). The van der Waals surface area contributed by atoms with Gasteiger partial charge in [-0.25, -0.2) is 4.79 Å². The quantitative estimate of drug-likeness (QED) is 0.269. The van der Waals surface area contributed by atoms with Crippen LogP contribution in [0, 0.1) is 6.92 Å². The molecule has 9 nitrogen and oxygen atoms in total. The Morgan fingerprint density at radius 1 is 1.18 bits per heavy atom. The maximum absolute atomic E-state index is 13.4. The minimum Gasteiger partial charge on any atom is -0.468 e. The van der Waals surface area contributed by atoms with Gasteiger partial charge >= 0.3 is 12.1 Å². The van der Waals surface area contributed by atoms with Gasteiger partial charge in [0.2, 0.25) is 11.8 Å². The topological polar surface area (TPSA) is 114 Å². The van der Waals surface area contributed by atoms with E-state index >= 15 is 0 Å². The molecule has 33 heavy (non-hydrogen) atoms. The predicted octanol–water partition coefficient (Wildman–Crippen LogP) is 2.16. The molecule has 0 aliphatic rings. The number of carbonyl (C=O) groups excluding carboxylic acids is 4. The molecular formula is C23H33N3O6S. The molecule has 0 spiro atoms. The van der Waals surface area contributed by atoms with Crippen molar-refractivity contribution in [3.8, 4) is 0 Å². The number of ether oxygens (including phenoxy) is 2. The maximum Gasteiger partial charge on any atom is 0.408 e. The van der Waals surface area contributed by atoms with Gasteiger partial charge in [0.05, 0.1) is 7.11 Å². The normalized spacial score (nSPS) is 12.7. The lowest BCUT2D eigenvalue weighted by atomic mass is 10.0. The van der Waals surface area contributed by atoms with Crippen molar-refractivity contribution in [1.29, 1.82) is 0 Å². The van der Waals surface area contributed by atoms with Crippen LogP contribution in [-0.2, 0) is 23.9 Å². The van der Waals surface area contributed by atoms with Crippen LogP contribution < -0.4 is 10.6 Å². The van der Waals surface area contributed by atoms with Gasteiger partial charge in [0.15, 0.2) is 0 Å². The van der Waals surface area contributed by atoms with Crippen molar-refractivity contribution in [1.82, 2.24) is 15.5 Å². The molecule has 10 heteroatoms. The lowest BCUT2D eigenvalue weighted by molar-refractivity contribution is -0.144. The second-order valence-electron chi connectivity index (χ2n) is 8.27. The average molecular weight is 480 g/mol. The number of hydrogen-bond acceptors (Lipinski definition) is 7. The molecule has 1 aromatic rings. The Morgan fingerprint density at radius 2 is 1.79 bits per heavy atom. The minimum absolute atomic E-state index is 0.00327. The Bertz CT molecular complexity index is 851. The summed E-state index contributed by atoms with van der Waals surface area (Å²) in [6.45, 7) is 10.3. The molecule has 182 valence electrons. The minimum atomic E-state index is -1.09. The molecule has 0 bridgehead atoms. The van der Waals surface area contributed by atoms with Crippen molar-refractivity contribution in [2.45, 2.75) is 45.4 Å². The van der Waals surface area contributed by atoms with Gasteiger partial charge in [-0.15, -0.1) is 6.58 Å². The number of esters is 1. The fraction of sp³-hybridized carbons (Fsp3) is 0.478.